The highest BCUT2D eigenvalue weighted by Gasteiger charge is 2.28. The topological polar surface area (TPSA) is 44.3 Å². The summed E-state index contributed by atoms with van der Waals surface area (Å²) in [5.74, 6) is -0.239. The molecule has 1 N–H and O–H groups in total. The summed E-state index contributed by atoms with van der Waals surface area (Å²) in [6.45, 7) is 11.3. The van der Waals surface area contributed by atoms with Crippen molar-refractivity contribution < 1.29 is 13.7 Å². The highest BCUT2D eigenvalue weighted by molar-refractivity contribution is 7.90. The molecular formula is C15H22FNO2S. The van der Waals surface area contributed by atoms with Crippen LogP contribution in [0.25, 0.3) is 0 Å². The van der Waals surface area contributed by atoms with Crippen LogP contribution in [0.3, 0.4) is 0 Å². The number of ether oxygens (including phenoxy) is 1. The standard InChI is InChI=1S/C15H22FNO2S/c1-6-9-19-14-10-12(7-8-13(14)16)11(2)17-20(18)15(3,4)5/h6-8,10-11,17H,1,9H2,2-5H3/t11-,20-/m0/s1. The van der Waals surface area contributed by atoms with Gasteiger partial charge in [-0.2, -0.15) is 0 Å². The fraction of sp³-hybridized carbons (Fsp3) is 0.467. The maximum absolute atomic E-state index is 13.6. The molecule has 5 heteroatoms. The summed E-state index contributed by atoms with van der Waals surface area (Å²) in [5, 5.41) is 0. The second-order valence-corrected chi connectivity index (χ2v) is 7.51. The second kappa shape index (κ2) is 7.11. The molecule has 0 aliphatic carbocycles. The van der Waals surface area contributed by atoms with Crippen LogP contribution in [-0.4, -0.2) is 15.9 Å². The third-order valence-corrected chi connectivity index (χ3v) is 4.33. The number of benzene rings is 1. The molecule has 112 valence electrons. The molecule has 0 fully saturated rings. The Morgan fingerprint density at radius 2 is 2.15 bits per heavy atom. The number of hydrogen-bond donors (Lipinski definition) is 1. The Balaban J connectivity index is 2.82. The molecule has 0 aliphatic rings. The van der Waals surface area contributed by atoms with Crippen molar-refractivity contribution in [2.24, 2.45) is 0 Å². The molecule has 1 aromatic rings. The Morgan fingerprint density at radius 3 is 2.70 bits per heavy atom. The largest absolute Gasteiger partial charge is 0.598 e. The van der Waals surface area contributed by atoms with E-state index in [-0.39, 0.29) is 23.1 Å². The van der Waals surface area contributed by atoms with E-state index in [2.05, 4.69) is 11.3 Å². The first kappa shape index (κ1) is 17.0. The molecular weight excluding hydrogens is 277 g/mol. The van der Waals surface area contributed by atoms with Gasteiger partial charge in [0.15, 0.2) is 11.6 Å². The molecule has 0 saturated heterocycles. The fourth-order valence-corrected chi connectivity index (χ4v) is 2.26. The molecule has 20 heavy (non-hydrogen) atoms. The van der Waals surface area contributed by atoms with Gasteiger partial charge < -0.3 is 9.29 Å². The van der Waals surface area contributed by atoms with Crippen LogP contribution in [0, 0.1) is 5.82 Å². The molecule has 3 nitrogen and oxygen atoms in total. The van der Waals surface area contributed by atoms with Gasteiger partial charge in [-0.25, -0.2) is 4.39 Å². The SMILES string of the molecule is C=CCOc1cc([C@H](C)N[S@@+]([O-])C(C)(C)C)ccc1F. The number of rotatable bonds is 6. The molecule has 2 atom stereocenters. The smallest absolute Gasteiger partial charge is 0.165 e. The minimum absolute atomic E-state index is 0.165. The maximum atomic E-state index is 13.6. The van der Waals surface area contributed by atoms with Gasteiger partial charge in [0, 0.05) is 11.4 Å². The van der Waals surface area contributed by atoms with E-state index in [0.29, 0.717) is 0 Å². The van der Waals surface area contributed by atoms with E-state index in [9.17, 15) is 8.94 Å². The van der Waals surface area contributed by atoms with Gasteiger partial charge in [-0.15, -0.1) is 4.72 Å². The normalized spacial score (nSPS) is 14.7. The van der Waals surface area contributed by atoms with Crippen molar-refractivity contribution in [3.05, 3.63) is 42.2 Å². The van der Waals surface area contributed by atoms with Gasteiger partial charge in [0.05, 0.1) is 6.04 Å². The predicted octanol–water partition coefficient (Wildman–Crippen LogP) is 3.50. The Labute approximate surface area is 123 Å². The summed E-state index contributed by atoms with van der Waals surface area (Å²) in [5.41, 5.74) is 0.822. The Morgan fingerprint density at radius 1 is 1.50 bits per heavy atom. The molecule has 0 radical (unpaired) electrons. The first-order valence-corrected chi connectivity index (χ1v) is 7.62. The van der Waals surface area contributed by atoms with E-state index in [1.807, 2.05) is 27.7 Å². The van der Waals surface area contributed by atoms with Gasteiger partial charge in [-0.3, -0.25) is 0 Å². The van der Waals surface area contributed by atoms with E-state index < -0.39 is 17.2 Å². The molecule has 0 unspecified atom stereocenters. The lowest BCUT2D eigenvalue weighted by atomic mass is 10.1. The molecule has 0 heterocycles. The first-order chi connectivity index (χ1) is 9.25. The van der Waals surface area contributed by atoms with Crippen molar-refractivity contribution in [2.75, 3.05) is 6.61 Å². The van der Waals surface area contributed by atoms with Crippen LogP contribution in [0.4, 0.5) is 4.39 Å². The molecule has 0 spiro atoms. The first-order valence-electron chi connectivity index (χ1n) is 6.47. The van der Waals surface area contributed by atoms with Crippen LogP contribution in [0.5, 0.6) is 5.75 Å². The summed E-state index contributed by atoms with van der Waals surface area (Å²) in [6, 6.07) is 4.47. The van der Waals surface area contributed by atoms with E-state index in [1.165, 1.54) is 6.07 Å². The van der Waals surface area contributed by atoms with Crippen molar-refractivity contribution in [3.63, 3.8) is 0 Å². The molecule has 0 bridgehead atoms. The number of nitrogens with one attached hydrogen (secondary N) is 1. The van der Waals surface area contributed by atoms with Crippen LogP contribution in [0.15, 0.2) is 30.9 Å². The summed E-state index contributed by atoms with van der Waals surface area (Å²) in [4.78, 5) is 0. The minimum Gasteiger partial charge on any atom is -0.598 e. The average Bonchev–Trinajstić information content (AvgIpc) is 2.36. The molecule has 1 aromatic carbocycles. The van der Waals surface area contributed by atoms with Crippen LogP contribution in [0.1, 0.15) is 39.3 Å². The lowest BCUT2D eigenvalue weighted by molar-refractivity contribution is 0.341. The quantitative estimate of drug-likeness (QED) is 0.646. The van der Waals surface area contributed by atoms with Crippen molar-refractivity contribution in [3.8, 4) is 5.75 Å². The molecule has 0 aromatic heterocycles. The van der Waals surface area contributed by atoms with Crippen molar-refractivity contribution >= 4 is 11.4 Å². The summed E-state index contributed by atoms with van der Waals surface area (Å²) < 4.78 is 33.5. The van der Waals surface area contributed by atoms with E-state index in [1.54, 1.807) is 18.2 Å². The van der Waals surface area contributed by atoms with E-state index >= 15 is 0 Å². The Kier molecular flexibility index (Phi) is 6.05. The van der Waals surface area contributed by atoms with Crippen molar-refractivity contribution in [1.29, 1.82) is 0 Å². The number of halogens is 1. The fourth-order valence-electron chi connectivity index (χ4n) is 1.45. The van der Waals surface area contributed by atoms with E-state index in [4.69, 9.17) is 4.74 Å². The lowest BCUT2D eigenvalue weighted by Gasteiger charge is -2.26. The highest BCUT2D eigenvalue weighted by Crippen LogP contribution is 2.25. The summed E-state index contributed by atoms with van der Waals surface area (Å²) in [6.07, 6.45) is 1.56. The maximum Gasteiger partial charge on any atom is 0.165 e. The van der Waals surface area contributed by atoms with Crippen molar-refractivity contribution in [2.45, 2.75) is 38.5 Å². The minimum atomic E-state index is -1.19. The van der Waals surface area contributed by atoms with Crippen molar-refractivity contribution in [1.82, 2.24) is 4.72 Å². The van der Waals surface area contributed by atoms with Gasteiger partial charge in [-0.1, -0.05) is 18.7 Å². The molecule has 0 amide bonds. The van der Waals surface area contributed by atoms with Gasteiger partial charge in [-0.05, 0) is 45.4 Å². The molecule has 0 aliphatic heterocycles. The van der Waals surface area contributed by atoms with Gasteiger partial charge in [0.1, 0.15) is 11.4 Å². The van der Waals surface area contributed by atoms with Crippen LogP contribution in [-0.2, 0) is 11.4 Å². The Hall–Kier alpha value is -1.04. The zero-order chi connectivity index (χ0) is 15.3. The summed E-state index contributed by atoms with van der Waals surface area (Å²) in [7, 11) is 0. The van der Waals surface area contributed by atoms with Crippen LogP contribution < -0.4 is 9.46 Å². The number of hydrogen-bond acceptors (Lipinski definition) is 3. The third-order valence-electron chi connectivity index (χ3n) is 2.65. The predicted molar refractivity (Wildman–Crippen MR) is 81.5 cm³/mol. The van der Waals surface area contributed by atoms with Crippen LogP contribution >= 0.6 is 0 Å². The van der Waals surface area contributed by atoms with Gasteiger partial charge in [0.2, 0.25) is 0 Å². The lowest BCUT2D eigenvalue weighted by Crippen LogP contribution is -2.40. The third kappa shape index (κ3) is 4.81. The molecule has 1 rings (SSSR count). The summed E-state index contributed by atoms with van der Waals surface area (Å²) >= 11 is -1.19. The zero-order valence-electron chi connectivity index (χ0n) is 12.4. The Bertz CT molecular complexity index is 460. The van der Waals surface area contributed by atoms with Gasteiger partial charge in [0.25, 0.3) is 0 Å². The monoisotopic (exact) mass is 299 g/mol. The zero-order valence-corrected chi connectivity index (χ0v) is 13.2. The second-order valence-electron chi connectivity index (χ2n) is 5.51. The van der Waals surface area contributed by atoms with Gasteiger partial charge >= 0.3 is 0 Å². The highest BCUT2D eigenvalue weighted by atomic mass is 32.2. The molecule has 0 saturated carbocycles. The average molecular weight is 299 g/mol. The van der Waals surface area contributed by atoms with Crippen LogP contribution in [0.2, 0.25) is 0 Å². The van der Waals surface area contributed by atoms with E-state index in [0.717, 1.165) is 5.56 Å².